The normalized spacial score (nSPS) is 10.2. The van der Waals surface area contributed by atoms with Gasteiger partial charge in [-0.1, -0.05) is 41.9 Å². The lowest BCUT2D eigenvalue weighted by Gasteiger charge is -2.09. The van der Waals surface area contributed by atoms with Crippen LogP contribution in [0.25, 0.3) is 0 Å². The molecule has 0 aliphatic heterocycles. The Morgan fingerprint density at radius 1 is 1.04 bits per heavy atom. The molecule has 0 saturated heterocycles. The second kappa shape index (κ2) is 9.90. The average Bonchev–Trinajstić information content (AvgIpc) is 2.61. The number of amides is 2. The summed E-state index contributed by atoms with van der Waals surface area (Å²) in [6.07, 6.45) is 0. The summed E-state index contributed by atoms with van der Waals surface area (Å²) < 4.78 is 18.3. The number of thioether (sulfide) groups is 1. The Hall–Kier alpha value is -2.25. The summed E-state index contributed by atoms with van der Waals surface area (Å²) in [5.74, 6) is -0.810. The summed E-state index contributed by atoms with van der Waals surface area (Å²) in [7, 11) is 0. The molecule has 2 rings (SSSR count). The second-order valence-corrected chi connectivity index (χ2v) is 6.29. The van der Waals surface area contributed by atoms with Crippen LogP contribution in [0.15, 0.2) is 48.5 Å². The summed E-state index contributed by atoms with van der Waals surface area (Å²) in [5.41, 5.74) is 5.41. The summed E-state index contributed by atoms with van der Waals surface area (Å²) >= 11 is 7.39. The second-order valence-electron chi connectivity index (χ2n) is 4.90. The van der Waals surface area contributed by atoms with Crippen molar-refractivity contribution in [3.05, 3.63) is 64.9 Å². The standard InChI is InChI=1S/C17H16ClFN2O3S/c18-13-6-2-1-5-12(13)10-25-11-17(23)21-20-16(22)9-24-15-8-4-3-7-14(15)19/h1-8H,9-11H2,(H,20,22)(H,21,23). The van der Waals surface area contributed by atoms with E-state index in [1.807, 2.05) is 18.2 Å². The zero-order chi connectivity index (χ0) is 18.1. The fourth-order valence-electron chi connectivity index (χ4n) is 1.79. The van der Waals surface area contributed by atoms with E-state index < -0.39 is 18.3 Å². The lowest BCUT2D eigenvalue weighted by atomic mass is 10.2. The Morgan fingerprint density at radius 2 is 1.72 bits per heavy atom. The van der Waals surface area contributed by atoms with Crippen molar-refractivity contribution >= 4 is 35.2 Å². The number of para-hydroxylation sites is 1. The largest absolute Gasteiger partial charge is 0.481 e. The topological polar surface area (TPSA) is 67.4 Å². The van der Waals surface area contributed by atoms with Crippen LogP contribution in [0, 0.1) is 5.82 Å². The minimum atomic E-state index is -0.590. The van der Waals surface area contributed by atoms with Crippen LogP contribution in [-0.4, -0.2) is 24.2 Å². The van der Waals surface area contributed by atoms with Gasteiger partial charge in [-0.3, -0.25) is 20.4 Å². The first-order chi connectivity index (χ1) is 12.1. The highest BCUT2D eigenvalue weighted by molar-refractivity contribution is 7.99. The molecule has 132 valence electrons. The van der Waals surface area contributed by atoms with Gasteiger partial charge in [0.15, 0.2) is 18.2 Å². The Morgan fingerprint density at radius 3 is 2.48 bits per heavy atom. The lowest BCUT2D eigenvalue weighted by molar-refractivity contribution is -0.128. The van der Waals surface area contributed by atoms with Crippen LogP contribution in [0.2, 0.25) is 5.02 Å². The van der Waals surface area contributed by atoms with E-state index in [4.69, 9.17) is 16.3 Å². The zero-order valence-electron chi connectivity index (χ0n) is 13.1. The van der Waals surface area contributed by atoms with E-state index in [9.17, 15) is 14.0 Å². The number of hydrogen-bond acceptors (Lipinski definition) is 4. The van der Waals surface area contributed by atoms with Gasteiger partial charge in [-0.2, -0.15) is 0 Å². The van der Waals surface area contributed by atoms with Crippen molar-refractivity contribution < 1.29 is 18.7 Å². The Kier molecular flexibility index (Phi) is 7.56. The molecule has 2 aromatic rings. The van der Waals surface area contributed by atoms with Crippen molar-refractivity contribution in [3.8, 4) is 5.75 Å². The number of carbonyl (C=O) groups excluding carboxylic acids is 2. The summed E-state index contributed by atoms with van der Waals surface area (Å²) in [6, 6.07) is 13.1. The van der Waals surface area contributed by atoms with Gasteiger partial charge in [0.2, 0.25) is 5.91 Å². The summed E-state index contributed by atoms with van der Waals surface area (Å²) in [5, 5.41) is 0.647. The molecule has 2 N–H and O–H groups in total. The van der Waals surface area contributed by atoms with Crippen LogP contribution in [-0.2, 0) is 15.3 Å². The molecule has 0 aliphatic rings. The molecule has 0 radical (unpaired) electrons. The van der Waals surface area contributed by atoms with E-state index in [1.54, 1.807) is 12.1 Å². The molecule has 0 atom stereocenters. The summed E-state index contributed by atoms with van der Waals surface area (Å²) in [6.45, 7) is -0.409. The summed E-state index contributed by atoms with van der Waals surface area (Å²) in [4.78, 5) is 23.2. The van der Waals surface area contributed by atoms with Crippen LogP contribution in [0.1, 0.15) is 5.56 Å². The van der Waals surface area contributed by atoms with E-state index in [0.29, 0.717) is 10.8 Å². The van der Waals surface area contributed by atoms with Gasteiger partial charge in [-0.25, -0.2) is 4.39 Å². The number of hydrazine groups is 1. The van der Waals surface area contributed by atoms with E-state index in [2.05, 4.69) is 10.9 Å². The first kappa shape index (κ1) is 19.1. The third kappa shape index (κ3) is 6.64. The van der Waals surface area contributed by atoms with Crippen molar-refractivity contribution in [1.29, 1.82) is 0 Å². The van der Waals surface area contributed by atoms with Crippen LogP contribution < -0.4 is 15.6 Å². The Labute approximate surface area is 153 Å². The molecule has 8 heteroatoms. The Bertz CT molecular complexity index is 745. The first-order valence-corrected chi connectivity index (χ1v) is 8.85. The van der Waals surface area contributed by atoms with Gasteiger partial charge in [0.1, 0.15) is 0 Å². The molecule has 0 heterocycles. The maximum atomic E-state index is 13.3. The monoisotopic (exact) mass is 382 g/mol. The Balaban J connectivity index is 1.63. The number of rotatable bonds is 7. The molecular weight excluding hydrogens is 367 g/mol. The molecule has 0 unspecified atom stereocenters. The highest BCUT2D eigenvalue weighted by atomic mass is 35.5. The first-order valence-electron chi connectivity index (χ1n) is 7.32. The van der Waals surface area contributed by atoms with E-state index >= 15 is 0 Å². The minimum Gasteiger partial charge on any atom is -0.481 e. The van der Waals surface area contributed by atoms with Crippen molar-refractivity contribution in [3.63, 3.8) is 0 Å². The van der Waals surface area contributed by atoms with Gasteiger partial charge in [0.25, 0.3) is 5.91 Å². The van der Waals surface area contributed by atoms with Crippen molar-refractivity contribution in [2.24, 2.45) is 0 Å². The number of hydrogen-bond donors (Lipinski definition) is 2. The smallest absolute Gasteiger partial charge is 0.276 e. The fraction of sp³-hybridized carbons (Fsp3) is 0.176. The highest BCUT2D eigenvalue weighted by Crippen LogP contribution is 2.20. The van der Waals surface area contributed by atoms with Crippen LogP contribution in [0.3, 0.4) is 0 Å². The molecule has 0 bridgehead atoms. The van der Waals surface area contributed by atoms with Gasteiger partial charge < -0.3 is 4.74 Å². The average molecular weight is 383 g/mol. The quantitative estimate of drug-likeness (QED) is 0.722. The maximum absolute atomic E-state index is 13.3. The highest BCUT2D eigenvalue weighted by Gasteiger charge is 2.08. The minimum absolute atomic E-state index is 0.0285. The number of nitrogens with one attached hydrogen (secondary N) is 2. The lowest BCUT2D eigenvalue weighted by Crippen LogP contribution is -2.44. The molecule has 0 fully saturated rings. The maximum Gasteiger partial charge on any atom is 0.276 e. The third-order valence-electron chi connectivity index (χ3n) is 2.99. The van der Waals surface area contributed by atoms with E-state index in [0.717, 1.165) is 5.56 Å². The molecule has 0 aliphatic carbocycles. The molecule has 2 amide bonds. The molecule has 0 saturated carbocycles. The van der Waals surface area contributed by atoms with E-state index in [-0.39, 0.29) is 17.4 Å². The van der Waals surface area contributed by atoms with Crippen LogP contribution in [0.4, 0.5) is 4.39 Å². The number of benzene rings is 2. The van der Waals surface area contributed by atoms with Gasteiger partial charge >= 0.3 is 0 Å². The molecule has 2 aromatic carbocycles. The number of carbonyl (C=O) groups is 2. The molecule has 0 aromatic heterocycles. The number of halogens is 2. The molecule has 0 spiro atoms. The van der Waals surface area contributed by atoms with Crippen LogP contribution >= 0.6 is 23.4 Å². The predicted octanol–water partition coefficient (Wildman–Crippen LogP) is 2.94. The van der Waals surface area contributed by atoms with E-state index in [1.165, 1.54) is 30.0 Å². The van der Waals surface area contributed by atoms with Crippen LogP contribution in [0.5, 0.6) is 5.75 Å². The van der Waals surface area contributed by atoms with Crippen molar-refractivity contribution in [2.75, 3.05) is 12.4 Å². The molecule has 25 heavy (non-hydrogen) atoms. The van der Waals surface area contributed by atoms with Crippen molar-refractivity contribution in [2.45, 2.75) is 5.75 Å². The third-order valence-corrected chi connectivity index (χ3v) is 4.34. The van der Waals surface area contributed by atoms with Gasteiger partial charge in [0.05, 0.1) is 5.75 Å². The SMILES string of the molecule is O=C(COc1ccccc1F)NNC(=O)CSCc1ccccc1Cl. The number of ether oxygens (including phenoxy) is 1. The molecular formula is C17H16ClFN2O3S. The predicted molar refractivity (Wildman–Crippen MR) is 95.8 cm³/mol. The van der Waals surface area contributed by atoms with Gasteiger partial charge in [-0.15, -0.1) is 11.8 Å². The fourth-order valence-corrected chi connectivity index (χ4v) is 2.90. The zero-order valence-corrected chi connectivity index (χ0v) is 14.7. The van der Waals surface area contributed by atoms with Crippen molar-refractivity contribution in [1.82, 2.24) is 10.9 Å². The van der Waals surface area contributed by atoms with Gasteiger partial charge in [-0.05, 0) is 23.8 Å². The molecule has 5 nitrogen and oxygen atoms in total. The van der Waals surface area contributed by atoms with Gasteiger partial charge in [0, 0.05) is 10.8 Å².